The molecule has 2 aliphatic rings. The maximum atomic E-state index is 10.0. The molecule has 148 valence electrons. The van der Waals surface area contributed by atoms with Crippen LogP contribution in [0.5, 0.6) is 0 Å². The third kappa shape index (κ3) is 3.52. The number of aryl methyl sites for hydroxylation is 1. The van der Waals surface area contributed by atoms with Gasteiger partial charge in [-0.1, -0.05) is 46.5 Å². The SMILES string of the molecule is Cn1c(C(C)(C)C)cc2ncc(C3CCC[C@@H](C4CCC4)[C@H](CO)N3)nc21. The lowest BCUT2D eigenvalue weighted by atomic mass is 9.71. The standard InChI is InChI=1S/C22H34N4O/c1-22(2,3)20-11-17-21(26(20)4)25-18(12-23-17)16-10-6-9-15(14-7-5-8-14)19(13-27)24-16/h11-12,14-16,19,24,27H,5-10,13H2,1-4H3/t15-,16?,19-/m0/s1. The van der Waals surface area contributed by atoms with E-state index in [1.807, 2.05) is 6.20 Å². The molecule has 0 radical (unpaired) electrons. The summed E-state index contributed by atoms with van der Waals surface area (Å²) in [5.74, 6) is 1.40. The van der Waals surface area contributed by atoms with E-state index in [0.717, 1.165) is 29.2 Å². The molecule has 2 aromatic heterocycles. The van der Waals surface area contributed by atoms with Gasteiger partial charge in [-0.05, 0) is 30.7 Å². The first kappa shape index (κ1) is 18.9. The highest BCUT2D eigenvalue weighted by molar-refractivity contribution is 5.73. The van der Waals surface area contributed by atoms with E-state index in [1.165, 1.54) is 37.8 Å². The molecule has 0 bridgehead atoms. The van der Waals surface area contributed by atoms with Crippen LogP contribution in [0.2, 0.25) is 0 Å². The van der Waals surface area contributed by atoms with Crippen LogP contribution >= 0.6 is 0 Å². The zero-order chi connectivity index (χ0) is 19.2. The average Bonchev–Trinajstić information content (AvgIpc) is 2.78. The van der Waals surface area contributed by atoms with Crippen molar-refractivity contribution in [3.8, 4) is 0 Å². The number of hydrogen-bond acceptors (Lipinski definition) is 4. The highest BCUT2D eigenvalue weighted by Gasteiger charge is 2.36. The first-order chi connectivity index (χ1) is 12.9. The number of nitrogens with zero attached hydrogens (tertiary/aromatic N) is 3. The topological polar surface area (TPSA) is 63.0 Å². The van der Waals surface area contributed by atoms with Crippen molar-refractivity contribution in [2.45, 2.75) is 76.8 Å². The van der Waals surface area contributed by atoms with Crippen LogP contribution in [0.15, 0.2) is 12.3 Å². The summed E-state index contributed by atoms with van der Waals surface area (Å²) in [5, 5.41) is 13.8. The van der Waals surface area contributed by atoms with E-state index < -0.39 is 0 Å². The lowest BCUT2D eigenvalue weighted by Gasteiger charge is -2.38. The number of nitrogens with one attached hydrogen (secondary N) is 1. The molecule has 4 rings (SSSR count). The van der Waals surface area contributed by atoms with Crippen molar-refractivity contribution in [1.82, 2.24) is 19.9 Å². The molecule has 1 aliphatic heterocycles. The molecule has 27 heavy (non-hydrogen) atoms. The van der Waals surface area contributed by atoms with Gasteiger partial charge in [0.25, 0.3) is 0 Å². The Morgan fingerprint density at radius 1 is 1.19 bits per heavy atom. The van der Waals surface area contributed by atoms with Gasteiger partial charge < -0.3 is 15.0 Å². The lowest BCUT2D eigenvalue weighted by Crippen LogP contribution is -2.44. The van der Waals surface area contributed by atoms with Crippen molar-refractivity contribution < 1.29 is 5.11 Å². The summed E-state index contributed by atoms with van der Waals surface area (Å²) >= 11 is 0. The molecular formula is C22H34N4O. The summed E-state index contributed by atoms with van der Waals surface area (Å²) in [6.07, 6.45) is 9.43. The van der Waals surface area contributed by atoms with Crippen molar-refractivity contribution in [2.75, 3.05) is 6.61 Å². The normalized spacial score (nSPS) is 27.5. The minimum atomic E-state index is 0.0653. The maximum Gasteiger partial charge on any atom is 0.158 e. The van der Waals surface area contributed by atoms with Gasteiger partial charge in [-0.25, -0.2) is 4.98 Å². The largest absolute Gasteiger partial charge is 0.395 e. The van der Waals surface area contributed by atoms with E-state index in [9.17, 15) is 5.11 Å². The predicted octanol–water partition coefficient (Wildman–Crippen LogP) is 3.86. The van der Waals surface area contributed by atoms with Gasteiger partial charge in [-0.2, -0.15) is 0 Å². The zero-order valence-corrected chi connectivity index (χ0v) is 17.2. The molecule has 0 aromatic carbocycles. The fourth-order valence-corrected chi connectivity index (χ4v) is 5.06. The highest BCUT2D eigenvalue weighted by Crippen LogP contribution is 2.40. The van der Waals surface area contributed by atoms with E-state index >= 15 is 0 Å². The number of fused-ring (bicyclic) bond motifs is 1. The number of aliphatic hydroxyl groups is 1. The number of hydrogen-bond donors (Lipinski definition) is 2. The maximum absolute atomic E-state index is 10.0. The van der Waals surface area contributed by atoms with Gasteiger partial charge in [-0.3, -0.25) is 4.98 Å². The fraction of sp³-hybridized carbons (Fsp3) is 0.727. The minimum absolute atomic E-state index is 0.0653. The second-order valence-electron chi connectivity index (χ2n) is 9.64. The molecule has 3 heterocycles. The van der Waals surface area contributed by atoms with Crippen molar-refractivity contribution in [1.29, 1.82) is 0 Å². The highest BCUT2D eigenvalue weighted by atomic mass is 16.3. The first-order valence-electron chi connectivity index (χ1n) is 10.6. The molecule has 0 amide bonds. The van der Waals surface area contributed by atoms with Gasteiger partial charge in [0, 0.05) is 24.2 Å². The van der Waals surface area contributed by atoms with Gasteiger partial charge in [-0.15, -0.1) is 0 Å². The summed E-state index contributed by atoms with van der Waals surface area (Å²) in [7, 11) is 2.09. The second kappa shape index (κ2) is 7.17. The van der Waals surface area contributed by atoms with Crippen LogP contribution in [0.1, 0.15) is 76.7 Å². The Kier molecular flexibility index (Phi) is 5.02. The minimum Gasteiger partial charge on any atom is -0.395 e. The summed E-state index contributed by atoms with van der Waals surface area (Å²) in [6.45, 7) is 6.88. The molecule has 1 saturated heterocycles. The van der Waals surface area contributed by atoms with Crippen LogP contribution in [0.3, 0.4) is 0 Å². The molecule has 1 unspecified atom stereocenters. The molecule has 2 N–H and O–H groups in total. The van der Waals surface area contributed by atoms with Crippen LogP contribution < -0.4 is 5.32 Å². The Morgan fingerprint density at radius 3 is 2.56 bits per heavy atom. The Balaban J connectivity index is 1.62. The molecule has 2 aromatic rings. The Morgan fingerprint density at radius 2 is 1.93 bits per heavy atom. The van der Waals surface area contributed by atoms with Crippen molar-refractivity contribution in [3.05, 3.63) is 23.7 Å². The van der Waals surface area contributed by atoms with Crippen molar-refractivity contribution in [2.24, 2.45) is 18.9 Å². The summed E-state index contributed by atoms with van der Waals surface area (Å²) in [4.78, 5) is 9.73. The summed E-state index contributed by atoms with van der Waals surface area (Å²) in [6, 6.07) is 2.52. The smallest absolute Gasteiger partial charge is 0.158 e. The quantitative estimate of drug-likeness (QED) is 0.861. The monoisotopic (exact) mass is 370 g/mol. The Labute approximate surface area is 162 Å². The summed E-state index contributed by atoms with van der Waals surface area (Å²) < 4.78 is 2.18. The second-order valence-corrected chi connectivity index (χ2v) is 9.64. The molecule has 0 spiro atoms. The molecule has 1 aliphatic carbocycles. The van der Waals surface area contributed by atoms with Gasteiger partial charge >= 0.3 is 0 Å². The molecule has 5 nitrogen and oxygen atoms in total. The zero-order valence-electron chi connectivity index (χ0n) is 17.2. The van der Waals surface area contributed by atoms with Crippen LogP contribution in [0.4, 0.5) is 0 Å². The Bertz CT molecular complexity index is 802. The van der Waals surface area contributed by atoms with Crippen molar-refractivity contribution >= 4 is 11.2 Å². The van der Waals surface area contributed by atoms with E-state index in [2.05, 4.69) is 43.8 Å². The van der Waals surface area contributed by atoms with Crippen LogP contribution in [0, 0.1) is 11.8 Å². The fourth-order valence-electron chi connectivity index (χ4n) is 5.06. The van der Waals surface area contributed by atoms with E-state index in [0.29, 0.717) is 5.92 Å². The van der Waals surface area contributed by atoms with Crippen LogP contribution in [-0.2, 0) is 12.5 Å². The Hall–Kier alpha value is -1.46. The first-order valence-corrected chi connectivity index (χ1v) is 10.6. The molecule has 5 heteroatoms. The van der Waals surface area contributed by atoms with Crippen molar-refractivity contribution in [3.63, 3.8) is 0 Å². The number of aliphatic hydroxyl groups excluding tert-OH is 1. The van der Waals surface area contributed by atoms with Crippen LogP contribution in [-0.4, -0.2) is 32.3 Å². The number of aromatic nitrogens is 3. The lowest BCUT2D eigenvalue weighted by molar-refractivity contribution is 0.113. The predicted molar refractivity (Wildman–Crippen MR) is 109 cm³/mol. The van der Waals surface area contributed by atoms with E-state index in [4.69, 9.17) is 9.97 Å². The van der Waals surface area contributed by atoms with Crippen LogP contribution in [0.25, 0.3) is 11.2 Å². The van der Waals surface area contributed by atoms with Gasteiger partial charge in [0.15, 0.2) is 5.65 Å². The van der Waals surface area contributed by atoms with Gasteiger partial charge in [0.05, 0.1) is 24.5 Å². The number of rotatable bonds is 3. The third-order valence-electron chi connectivity index (χ3n) is 6.79. The molecule has 2 fully saturated rings. The van der Waals surface area contributed by atoms with E-state index in [-0.39, 0.29) is 24.1 Å². The average molecular weight is 371 g/mol. The summed E-state index contributed by atoms with van der Waals surface area (Å²) in [5.41, 5.74) is 4.25. The van der Waals surface area contributed by atoms with E-state index in [1.54, 1.807) is 0 Å². The third-order valence-corrected chi connectivity index (χ3v) is 6.79. The molecular weight excluding hydrogens is 336 g/mol. The van der Waals surface area contributed by atoms with Gasteiger partial charge in [0.2, 0.25) is 0 Å². The molecule has 3 atom stereocenters. The van der Waals surface area contributed by atoms with Gasteiger partial charge in [0.1, 0.15) is 5.52 Å². The molecule has 1 saturated carbocycles.